The molecule has 4 heteroatoms. The van der Waals surface area contributed by atoms with Crippen LogP contribution in [0.2, 0.25) is 0 Å². The lowest BCUT2D eigenvalue weighted by Crippen LogP contribution is -2.47. The average Bonchev–Trinajstić information content (AvgIpc) is 2.67. The first kappa shape index (κ1) is 13.8. The van der Waals surface area contributed by atoms with Crippen molar-refractivity contribution in [2.75, 3.05) is 26.2 Å². The second-order valence-electron chi connectivity index (χ2n) is 5.53. The van der Waals surface area contributed by atoms with Crippen LogP contribution in [-0.4, -0.2) is 49.1 Å². The Balaban J connectivity index is 1.73. The number of likely N-dealkylation sites (tertiary alicyclic amines) is 1. The molecule has 0 aromatic carbocycles. The van der Waals surface area contributed by atoms with Gasteiger partial charge >= 0.3 is 0 Å². The number of hydrogen-bond donors (Lipinski definition) is 2. The highest BCUT2D eigenvalue weighted by Crippen LogP contribution is 2.15. The molecule has 2 aliphatic rings. The van der Waals surface area contributed by atoms with E-state index >= 15 is 0 Å². The summed E-state index contributed by atoms with van der Waals surface area (Å²) in [6, 6.07) is 0.605. The van der Waals surface area contributed by atoms with Gasteiger partial charge in [-0.25, -0.2) is 0 Å². The minimum Gasteiger partial charge on any atom is -0.353 e. The van der Waals surface area contributed by atoms with Crippen molar-refractivity contribution < 1.29 is 4.79 Å². The Bertz CT molecular complexity index is 262. The van der Waals surface area contributed by atoms with Gasteiger partial charge in [0.1, 0.15) is 0 Å². The van der Waals surface area contributed by atoms with Gasteiger partial charge in [-0.15, -0.1) is 0 Å². The normalized spacial score (nSPS) is 30.1. The van der Waals surface area contributed by atoms with Gasteiger partial charge in [0.25, 0.3) is 0 Å². The number of hydrogen-bond acceptors (Lipinski definition) is 3. The van der Waals surface area contributed by atoms with Gasteiger partial charge in [0.2, 0.25) is 5.91 Å². The van der Waals surface area contributed by atoms with Crippen molar-refractivity contribution >= 4 is 5.91 Å². The maximum absolute atomic E-state index is 12.1. The topological polar surface area (TPSA) is 44.4 Å². The molecular weight excluding hydrogens is 226 g/mol. The van der Waals surface area contributed by atoms with Crippen LogP contribution in [0.15, 0.2) is 0 Å². The quantitative estimate of drug-likeness (QED) is 0.789. The molecule has 2 atom stereocenters. The molecule has 0 radical (unpaired) electrons. The molecule has 2 saturated heterocycles. The lowest BCUT2D eigenvalue weighted by molar-refractivity contribution is -0.123. The standard InChI is InChI=1S/C14H27N3O/c1-2-17-10-6-7-12(17)11-16-14(18)13-8-4-3-5-9-15-13/h12-13,15H,2-11H2,1H3,(H,16,18). The second kappa shape index (κ2) is 7.10. The zero-order valence-electron chi connectivity index (χ0n) is 11.6. The Morgan fingerprint density at radius 2 is 2.17 bits per heavy atom. The number of nitrogens with zero attached hydrogens (tertiary/aromatic N) is 1. The summed E-state index contributed by atoms with van der Waals surface area (Å²) >= 11 is 0. The third-order valence-electron chi connectivity index (χ3n) is 4.29. The average molecular weight is 253 g/mol. The minimum absolute atomic E-state index is 0.0454. The zero-order chi connectivity index (χ0) is 12.8. The van der Waals surface area contributed by atoms with Crippen molar-refractivity contribution in [3.63, 3.8) is 0 Å². The smallest absolute Gasteiger partial charge is 0.237 e. The number of amides is 1. The summed E-state index contributed by atoms with van der Waals surface area (Å²) in [4.78, 5) is 14.6. The molecule has 0 saturated carbocycles. The number of nitrogens with one attached hydrogen (secondary N) is 2. The van der Waals surface area contributed by atoms with Gasteiger partial charge in [0.05, 0.1) is 6.04 Å². The van der Waals surface area contributed by atoms with E-state index in [4.69, 9.17) is 0 Å². The van der Waals surface area contributed by atoms with E-state index in [0.29, 0.717) is 6.04 Å². The van der Waals surface area contributed by atoms with Crippen LogP contribution >= 0.6 is 0 Å². The highest BCUT2D eigenvalue weighted by Gasteiger charge is 2.25. The second-order valence-corrected chi connectivity index (χ2v) is 5.53. The monoisotopic (exact) mass is 253 g/mol. The molecule has 2 heterocycles. The molecule has 2 fully saturated rings. The lowest BCUT2D eigenvalue weighted by Gasteiger charge is -2.24. The predicted molar refractivity (Wildman–Crippen MR) is 73.5 cm³/mol. The Hall–Kier alpha value is -0.610. The van der Waals surface area contributed by atoms with Crippen LogP contribution < -0.4 is 10.6 Å². The fourth-order valence-electron chi connectivity index (χ4n) is 3.14. The van der Waals surface area contributed by atoms with Gasteiger partial charge in [-0.05, 0) is 45.3 Å². The third kappa shape index (κ3) is 3.69. The van der Waals surface area contributed by atoms with E-state index in [1.807, 2.05) is 0 Å². The van der Waals surface area contributed by atoms with Crippen LogP contribution in [0.4, 0.5) is 0 Å². The summed E-state index contributed by atoms with van der Waals surface area (Å²) in [7, 11) is 0. The van der Waals surface area contributed by atoms with Crippen LogP contribution in [0, 0.1) is 0 Å². The van der Waals surface area contributed by atoms with Crippen LogP contribution in [0.1, 0.15) is 45.4 Å². The van der Waals surface area contributed by atoms with E-state index in [9.17, 15) is 4.79 Å². The number of likely N-dealkylation sites (N-methyl/N-ethyl adjacent to an activating group) is 1. The molecule has 0 aromatic heterocycles. The molecule has 0 bridgehead atoms. The highest BCUT2D eigenvalue weighted by molar-refractivity contribution is 5.81. The molecule has 1 amide bonds. The maximum atomic E-state index is 12.1. The first-order chi connectivity index (χ1) is 8.81. The van der Waals surface area contributed by atoms with Gasteiger partial charge in [0.15, 0.2) is 0 Å². The van der Waals surface area contributed by atoms with Gasteiger partial charge in [-0.2, -0.15) is 0 Å². The lowest BCUT2D eigenvalue weighted by atomic mass is 10.1. The Kier molecular flexibility index (Phi) is 5.45. The molecule has 0 aliphatic carbocycles. The number of carbonyl (C=O) groups is 1. The first-order valence-corrected chi connectivity index (χ1v) is 7.56. The molecule has 104 valence electrons. The summed E-state index contributed by atoms with van der Waals surface area (Å²) in [5.41, 5.74) is 0. The molecule has 2 unspecified atom stereocenters. The zero-order valence-corrected chi connectivity index (χ0v) is 11.6. The van der Waals surface area contributed by atoms with E-state index in [-0.39, 0.29) is 11.9 Å². The van der Waals surface area contributed by atoms with Crippen LogP contribution in [-0.2, 0) is 4.79 Å². The van der Waals surface area contributed by atoms with Crippen molar-refractivity contribution in [1.29, 1.82) is 0 Å². The molecule has 4 nitrogen and oxygen atoms in total. The van der Waals surface area contributed by atoms with Gasteiger partial charge in [-0.3, -0.25) is 9.69 Å². The summed E-state index contributed by atoms with van der Waals surface area (Å²) in [6.07, 6.45) is 7.13. The van der Waals surface area contributed by atoms with Gasteiger partial charge in [-0.1, -0.05) is 19.8 Å². The van der Waals surface area contributed by atoms with Crippen molar-refractivity contribution in [3.8, 4) is 0 Å². The Labute approximate surface area is 110 Å². The fraction of sp³-hybridized carbons (Fsp3) is 0.929. The van der Waals surface area contributed by atoms with Crippen LogP contribution in [0.3, 0.4) is 0 Å². The molecule has 2 aliphatic heterocycles. The summed E-state index contributed by atoms with van der Waals surface area (Å²) in [5.74, 6) is 0.208. The minimum atomic E-state index is 0.0454. The largest absolute Gasteiger partial charge is 0.353 e. The van der Waals surface area contributed by atoms with E-state index in [2.05, 4.69) is 22.5 Å². The summed E-state index contributed by atoms with van der Waals surface area (Å²) in [5, 5.41) is 6.50. The molecule has 2 N–H and O–H groups in total. The SMILES string of the molecule is CCN1CCCC1CNC(=O)C1CCCCCN1. The van der Waals surface area contributed by atoms with Gasteiger partial charge in [0, 0.05) is 12.6 Å². The van der Waals surface area contributed by atoms with E-state index < -0.39 is 0 Å². The maximum Gasteiger partial charge on any atom is 0.237 e. The van der Waals surface area contributed by atoms with Gasteiger partial charge < -0.3 is 10.6 Å². The van der Waals surface area contributed by atoms with Crippen molar-refractivity contribution in [3.05, 3.63) is 0 Å². The molecule has 0 spiro atoms. The molecule has 2 rings (SSSR count). The van der Waals surface area contributed by atoms with Crippen LogP contribution in [0.5, 0.6) is 0 Å². The first-order valence-electron chi connectivity index (χ1n) is 7.56. The molecular formula is C14H27N3O. The van der Waals surface area contributed by atoms with Crippen molar-refractivity contribution in [2.24, 2.45) is 0 Å². The fourth-order valence-corrected chi connectivity index (χ4v) is 3.14. The van der Waals surface area contributed by atoms with E-state index in [1.165, 1.54) is 38.6 Å². The van der Waals surface area contributed by atoms with E-state index in [1.54, 1.807) is 0 Å². The third-order valence-corrected chi connectivity index (χ3v) is 4.29. The molecule has 0 aromatic rings. The predicted octanol–water partition coefficient (Wildman–Crippen LogP) is 1.12. The number of carbonyl (C=O) groups excluding carboxylic acids is 1. The highest BCUT2D eigenvalue weighted by atomic mass is 16.2. The number of rotatable bonds is 4. The molecule has 18 heavy (non-hydrogen) atoms. The van der Waals surface area contributed by atoms with E-state index in [0.717, 1.165) is 26.1 Å². The van der Waals surface area contributed by atoms with Crippen LogP contribution in [0.25, 0.3) is 0 Å². The van der Waals surface area contributed by atoms with Crippen molar-refractivity contribution in [2.45, 2.75) is 57.5 Å². The van der Waals surface area contributed by atoms with Crippen molar-refractivity contribution in [1.82, 2.24) is 15.5 Å². The summed E-state index contributed by atoms with van der Waals surface area (Å²) in [6.45, 7) is 6.31. The Morgan fingerprint density at radius 1 is 1.28 bits per heavy atom. The Morgan fingerprint density at radius 3 is 3.00 bits per heavy atom. The summed E-state index contributed by atoms with van der Waals surface area (Å²) < 4.78 is 0.